The number of nitrogens with zero attached hydrogens (tertiary/aromatic N) is 1. The predicted octanol–water partition coefficient (Wildman–Crippen LogP) is 0.317. The van der Waals surface area contributed by atoms with E-state index in [0.717, 1.165) is 13.2 Å². The van der Waals surface area contributed by atoms with Crippen LogP contribution in [0.15, 0.2) is 24.5 Å². The molecule has 1 aromatic heterocycles. The minimum absolute atomic E-state index is 0.0517. The average molecular weight is 207 g/mol. The Morgan fingerprint density at radius 3 is 2.60 bits per heavy atom. The van der Waals surface area contributed by atoms with E-state index in [1.807, 2.05) is 31.6 Å². The fourth-order valence-corrected chi connectivity index (χ4v) is 2.15. The number of ether oxygens (including phenoxy) is 1. The highest BCUT2D eigenvalue weighted by molar-refractivity contribution is 5.20. The van der Waals surface area contributed by atoms with Crippen LogP contribution < -0.4 is 11.1 Å². The second-order valence-electron chi connectivity index (χ2n) is 4.06. The first-order valence-corrected chi connectivity index (χ1v) is 5.17. The zero-order valence-corrected chi connectivity index (χ0v) is 8.94. The number of nitrogens with two attached hydrogens (primary N) is 1. The van der Waals surface area contributed by atoms with E-state index >= 15 is 0 Å². The molecule has 0 amide bonds. The Balaban J connectivity index is 2.24. The molecule has 2 rings (SSSR count). The van der Waals surface area contributed by atoms with Gasteiger partial charge in [0.05, 0.1) is 13.2 Å². The van der Waals surface area contributed by atoms with Crippen molar-refractivity contribution in [2.75, 3.05) is 26.8 Å². The quantitative estimate of drug-likeness (QED) is 0.746. The first-order chi connectivity index (χ1) is 7.32. The fourth-order valence-electron chi connectivity index (χ4n) is 2.15. The fraction of sp³-hybridized carbons (Fsp3) is 0.545. The molecule has 1 aliphatic heterocycles. The van der Waals surface area contributed by atoms with Gasteiger partial charge in [0.15, 0.2) is 0 Å². The molecule has 0 aromatic carbocycles. The summed E-state index contributed by atoms with van der Waals surface area (Å²) in [5, 5.41) is 3.32. The molecule has 1 saturated heterocycles. The molecule has 0 saturated carbocycles. The third kappa shape index (κ3) is 1.76. The number of nitrogens with one attached hydrogen (secondary N) is 1. The van der Waals surface area contributed by atoms with Gasteiger partial charge in [0.25, 0.3) is 0 Å². The molecule has 3 N–H and O–H groups in total. The third-order valence-corrected chi connectivity index (χ3v) is 3.13. The molecule has 4 nitrogen and oxygen atoms in total. The first-order valence-electron chi connectivity index (χ1n) is 5.17. The molecule has 1 unspecified atom stereocenters. The van der Waals surface area contributed by atoms with Crippen molar-refractivity contribution in [1.29, 1.82) is 0 Å². The van der Waals surface area contributed by atoms with E-state index in [1.165, 1.54) is 5.56 Å². The molecule has 4 heteroatoms. The summed E-state index contributed by atoms with van der Waals surface area (Å²) in [5.41, 5.74) is 7.12. The summed E-state index contributed by atoms with van der Waals surface area (Å²) in [4.78, 5) is 4.02. The van der Waals surface area contributed by atoms with Gasteiger partial charge in [0.1, 0.15) is 0 Å². The van der Waals surface area contributed by atoms with Gasteiger partial charge in [-0.15, -0.1) is 0 Å². The Labute approximate surface area is 89.8 Å². The number of hydrogen-bond acceptors (Lipinski definition) is 4. The molecule has 2 heterocycles. The Morgan fingerprint density at radius 2 is 2.20 bits per heavy atom. The highest BCUT2D eigenvalue weighted by Crippen LogP contribution is 2.39. The molecule has 82 valence electrons. The van der Waals surface area contributed by atoms with E-state index < -0.39 is 0 Å². The Morgan fingerprint density at radius 1 is 1.53 bits per heavy atom. The van der Waals surface area contributed by atoms with Crippen molar-refractivity contribution < 1.29 is 4.74 Å². The Bertz CT molecular complexity index is 305. The maximum absolute atomic E-state index is 5.85. The molecule has 1 aliphatic rings. The van der Waals surface area contributed by atoms with Crippen LogP contribution in [0.2, 0.25) is 0 Å². The topological polar surface area (TPSA) is 60.2 Å². The maximum Gasteiger partial charge on any atom is 0.0575 e. The minimum Gasteiger partial charge on any atom is -0.380 e. The summed E-state index contributed by atoms with van der Waals surface area (Å²) in [6.07, 6.45) is 3.62. The van der Waals surface area contributed by atoms with Gasteiger partial charge >= 0.3 is 0 Å². The number of aromatic nitrogens is 1. The number of rotatable bonds is 4. The van der Waals surface area contributed by atoms with Crippen molar-refractivity contribution in [3.63, 3.8) is 0 Å². The lowest BCUT2D eigenvalue weighted by Gasteiger charge is -2.46. The van der Waals surface area contributed by atoms with Crippen molar-refractivity contribution in [2.45, 2.75) is 6.04 Å². The summed E-state index contributed by atoms with van der Waals surface area (Å²) in [6, 6.07) is 4.30. The van der Waals surface area contributed by atoms with Gasteiger partial charge in [-0.2, -0.15) is 0 Å². The lowest BCUT2D eigenvalue weighted by molar-refractivity contribution is -0.126. The summed E-state index contributed by atoms with van der Waals surface area (Å²) in [7, 11) is 1.96. The van der Waals surface area contributed by atoms with Crippen molar-refractivity contribution in [3.05, 3.63) is 30.1 Å². The molecule has 15 heavy (non-hydrogen) atoms. The summed E-state index contributed by atoms with van der Waals surface area (Å²) in [5.74, 6) is 0. The van der Waals surface area contributed by atoms with Gasteiger partial charge in [-0.25, -0.2) is 0 Å². The summed E-state index contributed by atoms with van der Waals surface area (Å²) in [6.45, 7) is 2.11. The van der Waals surface area contributed by atoms with Crippen molar-refractivity contribution >= 4 is 0 Å². The van der Waals surface area contributed by atoms with Crippen LogP contribution in [0.1, 0.15) is 11.6 Å². The number of pyridine rings is 1. The van der Waals surface area contributed by atoms with Gasteiger partial charge in [-0.05, 0) is 24.7 Å². The lowest BCUT2D eigenvalue weighted by Crippen LogP contribution is -2.55. The Kier molecular flexibility index (Phi) is 3.00. The van der Waals surface area contributed by atoms with Gasteiger partial charge in [-0.3, -0.25) is 4.98 Å². The molecule has 1 aromatic rings. The maximum atomic E-state index is 5.85. The third-order valence-electron chi connectivity index (χ3n) is 3.13. The van der Waals surface area contributed by atoms with Gasteiger partial charge in [-0.1, -0.05) is 0 Å². The minimum atomic E-state index is 0.0517. The first kappa shape index (κ1) is 10.5. The zero-order chi connectivity index (χ0) is 10.7. The molecular weight excluding hydrogens is 190 g/mol. The SMILES string of the molecule is CNC(c1ccncc1)C1(CN)COC1. The van der Waals surface area contributed by atoms with Crippen LogP contribution in [0.5, 0.6) is 0 Å². The van der Waals surface area contributed by atoms with Crippen molar-refractivity contribution in [1.82, 2.24) is 10.3 Å². The van der Waals surface area contributed by atoms with E-state index in [4.69, 9.17) is 10.5 Å². The van der Waals surface area contributed by atoms with Crippen LogP contribution in [-0.2, 0) is 4.74 Å². The van der Waals surface area contributed by atoms with Gasteiger partial charge in [0.2, 0.25) is 0 Å². The standard InChI is InChI=1S/C11H17N3O/c1-13-10(9-2-4-14-5-3-9)11(6-12)7-15-8-11/h2-5,10,13H,6-8,12H2,1H3. The van der Waals surface area contributed by atoms with Crippen LogP contribution in [0.25, 0.3) is 0 Å². The largest absolute Gasteiger partial charge is 0.380 e. The van der Waals surface area contributed by atoms with Crippen LogP contribution >= 0.6 is 0 Å². The Hall–Kier alpha value is -0.970. The smallest absolute Gasteiger partial charge is 0.0575 e. The van der Waals surface area contributed by atoms with Crippen LogP contribution in [0, 0.1) is 5.41 Å². The lowest BCUT2D eigenvalue weighted by atomic mass is 9.75. The zero-order valence-electron chi connectivity index (χ0n) is 8.94. The van der Waals surface area contributed by atoms with Crippen molar-refractivity contribution in [2.24, 2.45) is 11.1 Å². The van der Waals surface area contributed by atoms with E-state index in [-0.39, 0.29) is 11.5 Å². The molecular formula is C11H17N3O. The average Bonchev–Trinajstić information content (AvgIpc) is 2.24. The monoisotopic (exact) mass is 207 g/mol. The van der Waals surface area contributed by atoms with E-state index in [0.29, 0.717) is 6.54 Å². The molecule has 1 atom stereocenters. The highest BCUT2D eigenvalue weighted by atomic mass is 16.5. The van der Waals surface area contributed by atoms with E-state index in [2.05, 4.69) is 10.3 Å². The summed E-state index contributed by atoms with van der Waals surface area (Å²) >= 11 is 0. The van der Waals surface area contributed by atoms with Gasteiger partial charge < -0.3 is 15.8 Å². The molecule has 0 radical (unpaired) electrons. The second-order valence-corrected chi connectivity index (χ2v) is 4.06. The normalized spacial score (nSPS) is 20.7. The molecule has 0 aliphatic carbocycles. The van der Waals surface area contributed by atoms with Crippen LogP contribution in [-0.4, -0.2) is 31.8 Å². The van der Waals surface area contributed by atoms with Crippen molar-refractivity contribution in [3.8, 4) is 0 Å². The molecule has 0 spiro atoms. The number of hydrogen-bond donors (Lipinski definition) is 2. The summed E-state index contributed by atoms with van der Waals surface area (Å²) < 4.78 is 5.30. The second kappa shape index (κ2) is 4.26. The van der Waals surface area contributed by atoms with E-state index in [1.54, 1.807) is 0 Å². The van der Waals surface area contributed by atoms with Crippen LogP contribution in [0.3, 0.4) is 0 Å². The molecule has 0 bridgehead atoms. The van der Waals surface area contributed by atoms with Crippen LogP contribution in [0.4, 0.5) is 0 Å². The molecule has 1 fully saturated rings. The highest BCUT2D eigenvalue weighted by Gasteiger charge is 2.44. The van der Waals surface area contributed by atoms with Gasteiger partial charge in [0, 0.05) is 30.4 Å². The predicted molar refractivity (Wildman–Crippen MR) is 58.3 cm³/mol. The van der Waals surface area contributed by atoms with E-state index in [9.17, 15) is 0 Å².